The topological polar surface area (TPSA) is 3.24 Å². The first-order valence-corrected chi connectivity index (χ1v) is 7.38. The van der Waals surface area contributed by atoms with Gasteiger partial charge in [-0.05, 0) is 35.2 Å². The van der Waals surface area contributed by atoms with Crippen LogP contribution in [0.25, 0.3) is 0 Å². The second-order valence-electron chi connectivity index (χ2n) is 5.69. The van der Waals surface area contributed by atoms with Gasteiger partial charge < -0.3 is 4.90 Å². The van der Waals surface area contributed by atoms with Gasteiger partial charge in [0, 0.05) is 18.4 Å². The van der Waals surface area contributed by atoms with E-state index in [1.54, 1.807) is 0 Å². The van der Waals surface area contributed by atoms with E-state index in [1.807, 2.05) is 19.9 Å². The molecule has 0 unspecified atom stereocenters. The van der Waals surface area contributed by atoms with Crippen LogP contribution in [0.5, 0.6) is 0 Å². The van der Waals surface area contributed by atoms with Crippen molar-refractivity contribution in [3.63, 3.8) is 0 Å². The van der Waals surface area contributed by atoms with Crippen LogP contribution in [-0.4, -0.2) is 7.05 Å². The summed E-state index contributed by atoms with van der Waals surface area (Å²) in [7, 11) is 2.10. The molecule has 0 aliphatic rings. The first-order valence-electron chi connectivity index (χ1n) is 7.38. The van der Waals surface area contributed by atoms with E-state index in [1.165, 1.54) is 16.9 Å². The average Bonchev–Trinajstić information content (AvgIpc) is 2.49. The van der Waals surface area contributed by atoms with Crippen LogP contribution in [0.4, 0.5) is 11.4 Å². The fourth-order valence-electron chi connectivity index (χ4n) is 1.99. The van der Waals surface area contributed by atoms with Gasteiger partial charge >= 0.3 is 0 Å². The molecule has 0 bridgehead atoms. The van der Waals surface area contributed by atoms with Gasteiger partial charge in [0.25, 0.3) is 0 Å². The van der Waals surface area contributed by atoms with Gasteiger partial charge in [-0.1, -0.05) is 65.0 Å². The van der Waals surface area contributed by atoms with Crippen LogP contribution in [0.15, 0.2) is 54.6 Å². The lowest BCUT2D eigenvalue weighted by Gasteiger charge is -2.23. The average molecular weight is 269 g/mol. The summed E-state index contributed by atoms with van der Waals surface area (Å²) in [5.41, 5.74) is 4.01. The summed E-state index contributed by atoms with van der Waals surface area (Å²) in [4.78, 5) is 2.20. The summed E-state index contributed by atoms with van der Waals surface area (Å²) in [5, 5.41) is 0. The predicted molar refractivity (Wildman–Crippen MR) is 91.0 cm³/mol. The van der Waals surface area contributed by atoms with E-state index in [2.05, 4.69) is 81.2 Å². The Morgan fingerprint density at radius 3 is 1.60 bits per heavy atom. The number of anilines is 2. The molecule has 2 aromatic rings. The standard InChI is InChI=1S/C17H21N.C2H6/c1-17(2,3)14-10-12-16(13-11-14)18(4)15-8-6-5-7-9-15;1-2/h5-13H,1-4H3;1-2H3. The predicted octanol–water partition coefficient (Wildman–Crippen LogP) is 5.78. The second-order valence-corrected chi connectivity index (χ2v) is 5.69. The van der Waals surface area contributed by atoms with Crippen molar-refractivity contribution >= 4 is 11.4 Å². The van der Waals surface area contributed by atoms with Crippen LogP contribution in [0.1, 0.15) is 40.2 Å². The molecule has 108 valence electrons. The highest BCUT2D eigenvalue weighted by molar-refractivity contribution is 5.62. The first kappa shape index (κ1) is 16.3. The molecule has 1 nitrogen and oxygen atoms in total. The molecule has 20 heavy (non-hydrogen) atoms. The summed E-state index contributed by atoms with van der Waals surface area (Å²) in [6, 6.07) is 19.2. The lowest BCUT2D eigenvalue weighted by Crippen LogP contribution is -2.12. The van der Waals surface area contributed by atoms with Crippen molar-refractivity contribution in [3.05, 3.63) is 60.2 Å². The third-order valence-corrected chi connectivity index (χ3v) is 3.26. The Kier molecular flexibility index (Phi) is 5.82. The van der Waals surface area contributed by atoms with Gasteiger partial charge in [-0.3, -0.25) is 0 Å². The molecule has 0 N–H and O–H groups in total. The summed E-state index contributed by atoms with van der Waals surface area (Å²) in [5.74, 6) is 0. The number of rotatable bonds is 2. The highest BCUT2D eigenvalue weighted by Gasteiger charge is 2.13. The lowest BCUT2D eigenvalue weighted by molar-refractivity contribution is 0.590. The Hall–Kier alpha value is -1.76. The highest BCUT2D eigenvalue weighted by atomic mass is 15.1. The van der Waals surface area contributed by atoms with Gasteiger partial charge in [0.1, 0.15) is 0 Å². The highest BCUT2D eigenvalue weighted by Crippen LogP contribution is 2.27. The van der Waals surface area contributed by atoms with Crippen LogP contribution in [0, 0.1) is 0 Å². The molecule has 0 fully saturated rings. The third kappa shape index (κ3) is 4.12. The normalized spacial score (nSPS) is 10.5. The molecule has 0 aliphatic carbocycles. The molecular formula is C19H27N. The third-order valence-electron chi connectivity index (χ3n) is 3.26. The maximum atomic E-state index is 2.24. The fourth-order valence-corrected chi connectivity index (χ4v) is 1.99. The Morgan fingerprint density at radius 1 is 0.700 bits per heavy atom. The molecule has 2 rings (SSSR count). The van der Waals surface area contributed by atoms with E-state index in [9.17, 15) is 0 Å². The monoisotopic (exact) mass is 269 g/mol. The van der Waals surface area contributed by atoms with Crippen LogP contribution >= 0.6 is 0 Å². The minimum absolute atomic E-state index is 0.212. The number of hydrogen-bond acceptors (Lipinski definition) is 1. The molecule has 0 heterocycles. The zero-order valence-corrected chi connectivity index (χ0v) is 13.6. The van der Waals surface area contributed by atoms with Crippen molar-refractivity contribution in [1.29, 1.82) is 0 Å². The quantitative estimate of drug-likeness (QED) is 0.668. The van der Waals surface area contributed by atoms with Crippen LogP contribution in [-0.2, 0) is 5.41 Å². The lowest BCUT2D eigenvalue weighted by atomic mass is 9.87. The largest absolute Gasteiger partial charge is 0.345 e. The first-order chi connectivity index (χ1) is 9.48. The van der Waals surface area contributed by atoms with E-state index in [0.717, 1.165) is 0 Å². The van der Waals surface area contributed by atoms with Gasteiger partial charge in [0.15, 0.2) is 0 Å². The minimum atomic E-state index is 0.212. The number of para-hydroxylation sites is 1. The summed E-state index contributed by atoms with van der Waals surface area (Å²) in [6.45, 7) is 10.7. The van der Waals surface area contributed by atoms with E-state index in [-0.39, 0.29) is 5.41 Å². The summed E-state index contributed by atoms with van der Waals surface area (Å²) < 4.78 is 0. The Bertz CT molecular complexity index is 492. The Morgan fingerprint density at radius 2 is 1.15 bits per heavy atom. The van der Waals surface area contributed by atoms with Crippen molar-refractivity contribution in [2.75, 3.05) is 11.9 Å². The van der Waals surface area contributed by atoms with Gasteiger partial charge in [0.05, 0.1) is 0 Å². The molecule has 0 radical (unpaired) electrons. The van der Waals surface area contributed by atoms with Crippen molar-refractivity contribution in [2.45, 2.75) is 40.0 Å². The zero-order chi connectivity index (χ0) is 15.2. The van der Waals surface area contributed by atoms with E-state index < -0.39 is 0 Å². The van der Waals surface area contributed by atoms with Gasteiger partial charge in [0.2, 0.25) is 0 Å². The molecule has 2 aromatic carbocycles. The smallest absolute Gasteiger partial charge is 0.0408 e. The van der Waals surface area contributed by atoms with Gasteiger partial charge in [-0.15, -0.1) is 0 Å². The molecule has 0 aromatic heterocycles. The number of benzene rings is 2. The van der Waals surface area contributed by atoms with Gasteiger partial charge in [-0.25, -0.2) is 0 Å². The number of hydrogen-bond donors (Lipinski definition) is 0. The molecule has 0 atom stereocenters. The zero-order valence-electron chi connectivity index (χ0n) is 13.6. The molecule has 0 spiro atoms. The molecule has 1 heteroatoms. The second kappa shape index (κ2) is 7.14. The van der Waals surface area contributed by atoms with Crippen molar-refractivity contribution in [1.82, 2.24) is 0 Å². The molecule has 0 amide bonds. The summed E-state index contributed by atoms with van der Waals surface area (Å²) >= 11 is 0. The summed E-state index contributed by atoms with van der Waals surface area (Å²) in [6.07, 6.45) is 0. The van der Waals surface area contributed by atoms with Crippen molar-refractivity contribution in [3.8, 4) is 0 Å². The Labute approximate surface area is 124 Å². The van der Waals surface area contributed by atoms with Crippen molar-refractivity contribution < 1.29 is 0 Å². The van der Waals surface area contributed by atoms with Gasteiger partial charge in [-0.2, -0.15) is 0 Å². The van der Waals surface area contributed by atoms with E-state index >= 15 is 0 Å². The van der Waals surface area contributed by atoms with E-state index in [4.69, 9.17) is 0 Å². The SMILES string of the molecule is CC.CN(c1ccccc1)c1ccc(C(C)(C)C)cc1. The molecular weight excluding hydrogens is 242 g/mol. The fraction of sp³-hybridized carbons (Fsp3) is 0.368. The molecule has 0 saturated carbocycles. The van der Waals surface area contributed by atoms with Crippen LogP contribution in [0.3, 0.4) is 0 Å². The van der Waals surface area contributed by atoms with Crippen LogP contribution < -0.4 is 4.90 Å². The van der Waals surface area contributed by atoms with Crippen LogP contribution in [0.2, 0.25) is 0 Å². The maximum absolute atomic E-state index is 2.24. The molecule has 0 saturated heterocycles. The van der Waals surface area contributed by atoms with Crippen molar-refractivity contribution in [2.24, 2.45) is 0 Å². The van der Waals surface area contributed by atoms with E-state index in [0.29, 0.717) is 0 Å². The molecule has 0 aliphatic heterocycles. The maximum Gasteiger partial charge on any atom is 0.0408 e. The number of nitrogens with zero attached hydrogens (tertiary/aromatic N) is 1. The minimum Gasteiger partial charge on any atom is -0.345 e. The Balaban J connectivity index is 0.000000956.